The van der Waals surface area contributed by atoms with E-state index in [2.05, 4.69) is 10.6 Å². The Labute approximate surface area is 118 Å². The number of carbonyl (C=O) groups is 1. The molecule has 0 heterocycles. The Kier molecular flexibility index (Phi) is 5.88. The van der Waals surface area contributed by atoms with Gasteiger partial charge in [0.15, 0.2) is 0 Å². The Bertz CT molecular complexity index is 478. The molecule has 0 aromatic heterocycles. The number of halogens is 2. The molecule has 0 saturated carbocycles. The van der Waals surface area contributed by atoms with Crippen molar-refractivity contribution in [2.75, 3.05) is 27.2 Å². The molecule has 2 N–H and O–H groups in total. The first-order valence-electron chi connectivity index (χ1n) is 6.47. The highest BCUT2D eigenvalue weighted by atomic mass is 19.1. The van der Waals surface area contributed by atoms with Crippen LogP contribution in [0.1, 0.15) is 24.1 Å². The molecule has 1 unspecified atom stereocenters. The van der Waals surface area contributed by atoms with Gasteiger partial charge in [0, 0.05) is 38.8 Å². The van der Waals surface area contributed by atoms with Crippen LogP contribution < -0.4 is 10.6 Å². The van der Waals surface area contributed by atoms with Crippen molar-refractivity contribution < 1.29 is 13.6 Å². The molecule has 2 amide bonds. The Hall–Kier alpha value is -1.69. The number of rotatable bonds is 5. The van der Waals surface area contributed by atoms with E-state index < -0.39 is 11.6 Å². The number of carbonyl (C=O) groups excluding carboxylic acids is 1. The van der Waals surface area contributed by atoms with Gasteiger partial charge in [0.2, 0.25) is 0 Å². The van der Waals surface area contributed by atoms with E-state index in [1.165, 1.54) is 24.0 Å². The van der Waals surface area contributed by atoms with E-state index in [4.69, 9.17) is 0 Å². The number of aryl methyl sites for hydroxylation is 1. The summed E-state index contributed by atoms with van der Waals surface area (Å²) in [5, 5.41) is 5.72. The van der Waals surface area contributed by atoms with Crippen molar-refractivity contribution in [3.63, 3.8) is 0 Å². The van der Waals surface area contributed by atoms with Gasteiger partial charge in [-0.15, -0.1) is 0 Å². The van der Waals surface area contributed by atoms with E-state index in [-0.39, 0.29) is 23.2 Å². The predicted molar refractivity (Wildman–Crippen MR) is 74.6 cm³/mol. The fourth-order valence-electron chi connectivity index (χ4n) is 1.72. The van der Waals surface area contributed by atoms with Crippen molar-refractivity contribution in [3.05, 3.63) is 34.9 Å². The van der Waals surface area contributed by atoms with Gasteiger partial charge in [-0.2, -0.15) is 0 Å². The third kappa shape index (κ3) is 4.45. The van der Waals surface area contributed by atoms with Gasteiger partial charge >= 0.3 is 6.03 Å². The summed E-state index contributed by atoms with van der Waals surface area (Å²) in [6.07, 6.45) is 0. The van der Waals surface area contributed by atoms with Crippen LogP contribution in [0.15, 0.2) is 12.1 Å². The summed E-state index contributed by atoms with van der Waals surface area (Å²) < 4.78 is 27.2. The minimum absolute atomic E-state index is 0.188. The first-order chi connectivity index (χ1) is 9.32. The Balaban J connectivity index is 2.49. The molecule has 1 aromatic carbocycles. The lowest BCUT2D eigenvalue weighted by Gasteiger charge is -2.17. The van der Waals surface area contributed by atoms with Crippen molar-refractivity contribution in [1.29, 1.82) is 0 Å². The molecule has 1 rings (SSSR count). The summed E-state index contributed by atoms with van der Waals surface area (Å²) in [6.45, 7) is 4.16. The fraction of sp³-hybridized carbons (Fsp3) is 0.500. The normalized spacial score (nSPS) is 12.1. The van der Waals surface area contributed by atoms with E-state index in [1.807, 2.05) is 0 Å². The van der Waals surface area contributed by atoms with Crippen molar-refractivity contribution >= 4 is 6.03 Å². The molecule has 0 aliphatic heterocycles. The molecule has 4 nitrogen and oxygen atoms in total. The van der Waals surface area contributed by atoms with Crippen molar-refractivity contribution in [2.24, 2.45) is 0 Å². The van der Waals surface area contributed by atoms with Crippen LogP contribution in [0, 0.1) is 18.6 Å². The molecule has 0 spiro atoms. The number of hydrogen-bond donors (Lipinski definition) is 2. The Morgan fingerprint density at radius 3 is 2.50 bits per heavy atom. The molecule has 0 aliphatic rings. The van der Waals surface area contributed by atoms with Crippen molar-refractivity contribution in [2.45, 2.75) is 19.9 Å². The molecule has 0 bridgehead atoms. The van der Waals surface area contributed by atoms with Gasteiger partial charge in [0.1, 0.15) is 11.6 Å². The number of hydrogen-bond acceptors (Lipinski definition) is 2. The quantitative estimate of drug-likeness (QED) is 0.815. The smallest absolute Gasteiger partial charge is 0.316 e. The average molecular weight is 285 g/mol. The zero-order valence-corrected chi connectivity index (χ0v) is 12.3. The highest BCUT2D eigenvalue weighted by molar-refractivity contribution is 5.73. The molecular formula is C14H21F2N3O. The number of benzene rings is 1. The molecule has 1 atom stereocenters. The van der Waals surface area contributed by atoms with Gasteiger partial charge in [-0.1, -0.05) is 0 Å². The summed E-state index contributed by atoms with van der Waals surface area (Å²) >= 11 is 0. The Morgan fingerprint density at radius 2 is 1.90 bits per heavy atom. The zero-order chi connectivity index (χ0) is 15.3. The predicted octanol–water partition coefficient (Wildman–Crippen LogP) is 2.20. The topological polar surface area (TPSA) is 44.4 Å². The van der Waals surface area contributed by atoms with Crippen LogP contribution in [0.25, 0.3) is 0 Å². The zero-order valence-electron chi connectivity index (χ0n) is 12.3. The van der Waals surface area contributed by atoms with Gasteiger partial charge < -0.3 is 15.5 Å². The first-order valence-corrected chi connectivity index (χ1v) is 6.47. The average Bonchev–Trinajstić information content (AvgIpc) is 2.38. The highest BCUT2D eigenvalue weighted by Crippen LogP contribution is 2.20. The Morgan fingerprint density at radius 1 is 1.25 bits per heavy atom. The molecule has 20 heavy (non-hydrogen) atoms. The standard InChI is InChI=1S/C14H21F2N3O/c1-9-7-13(16)11(8-12(9)15)10(2)17-5-6-18-14(20)19(3)4/h7-8,10,17H,5-6H2,1-4H3,(H,18,20). The van der Waals surface area contributed by atoms with Gasteiger partial charge in [0.25, 0.3) is 0 Å². The molecule has 0 fully saturated rings. The van der Waals surface area contributed by atoms with E-state index in [0.717, 1.165) is 0 Å². The van der Waals surface area contributed by atoms with Gasteiger partial charge in [-0.3, -0.25) is 0 Å². The maximum absolute atomic E-state index is 13.7. The molecule has 6 heteroatoms. The second-order valence-corrected chi connectivity index (χ2v) is 4.93. The van der Waals surface area contributed by atoms with Gasteiger partial charge in [-0.25, -0.2) is 13.6 Å². The summed E-state index contributed by atoms with van der Waals surface area (Å²) in [6, 6.07) is 1.88. The van der Waals surface area contributed by atoms with Crippen LogP contribution in [0.5, 0.6) is 0 Å². The van der Waals surface area contributed by atoms with Crippen molar-refractivity contribution in [3.8, 4) is 0 Å². The largest absolute Gasteiger partial charge is 0.337 e. The van der Waals surface area contributed by atoms with Gasteiger partial charge in [-0.05, 0) is 31.5 Å². The monoisotopic (exact) mass is 285 g/mol. The second kappa shape index (κ2) is 7.19. The summed E-state index contributed by atoms with van der Waals surface area (Å²) in [4.78, 5) is 12.7. The van der Waals surface area contributed by atoms with E-state index in [1.54, 1.807) is 21.0 Å². The van der Waals surface area contributed by atoms with Crippen LogP contribution in [-0.2, 0) is 0 Å². The third-order valence-electron chi connectivity index (χ3n) is 3.00. The van der Waals surface area contributed by atoms with Crippen LogP contribution in [0.4, 0.5) is 13.6 Å². The number of amides is 2. The minimum Gasteiger partial charge on any atom is -0.337 e. The van der Waals surface area contributed by atoms with Crippen LogP contribution in [0.2, 0.25) is 0 Å². The van der Waals surface area contributed by atoms with Crippen LogP contribution in [0.3, 0.4) is 0 Å². The number of nitrogens with zero attached hydrogens (tertiary/aromatic N) is 1. The molecular weight excluding hydrogens is 264 g/mol. The molecule has 1 aromatic rings. The fourth-order valence-corrected chi connectivity index (χ4v) is 1.72. The molecule has 0 aliphatic carbocycles. The lowest BCUT2D eigenvalue weighted by atomic mass is 10.1. The lowest BCUT2D eigenvalue weighted by Crippen LogP contribution is -2.38. The SMILES string of the molecule is Cc1cc(F)c(C(C)NCCNC(=O)N(C)C)cc1F. The number of nitrogens with one attached hydrogen (secondary N) is 2. The summed E-state index contributed by atoms with van der Waals surface area (Å²) in [5.41, 5.74) is 0.573. The second-order valence-electron chi connectivity index (χ2n) is 4.93. The van der Waals surface area contributed by atoms with Crippen LogP contribution in [-0.4, -0.2) is 38.1 Å². The first kappa shape index (κ1) is 16.4. The lowest BCUT2D eigenvalue weighted by molar-refractivity contribution is 0.217. The van der Waals surface area contributed by atoms with Crippen molar-refractivity contribution in [1.82, 2.24) is 15.5 Å². The van der Waals surface area contributed by atoms with Crippen LogP contribution >= 0.6 is 0 Å². The number of urea groups is 1. The summed E-state index contributed by atoms with van der Waals surface area (Å²) in [7, 11) is 3.30. The van der Waals surface area contributed by atoms with E-state index in [9.17, 15) is 13.6 Å². The molecule has 112 valence electrons. The minimum atomic E-state index is -0.429. The maximum atomic E-state index is 13.7. The van der Waals surface area contributed by atoms with E-state index >= 15 is 0 Å². The van der Waals surface area contributed by atoms with Gasteiger partial charge in [0.05, 0.1) is 0 Å². The molecule has 0 radical (unpaired) electrons. The maximum Gasteiger partial charge on any atom is 0.316 e. The molecule has 0 saturated heterocycles. The highest BCUT2D eigenvalue weighted by Gasteiger charge is 2.13. The summed E-state index contributed by atoms with van der Waals surface area (Å²) in [5.74, 6) is -0.850. The third-order valence-corrected chi connectivity index (χ3v) is 3.00. The van der Waals surface area contributed by atoms with E-state index in [0.29, 0.717) is 13.1 Å².